The van der Waals surface area contributed by atoms with E-state index in [9.17, 15) is 9.59 Å². The number of amides is 2. The minimum absolute atomic E-state index is 0.0507. The molecular weight excluding hydrogens is 268 g/mol. The summed E-state index contributed by atoms with van der Waals surface area (Å²) in [6.45, 7) is 3.89. The number of carboxylic acids is 1. The third kappa shape index (κ3) is 4.21. The molecular formula is C16H22N2O3. The monoisotopic (exact) mass is 290 g/mol. The van der Waals surface area contributed by atoms with E-state index in [1.54, 1.807) is 4.90 Å². The number of piperidine rings is 1. The van der Waals surface area contributed by atoms with Crippen molar-refractivity contribution in [2.75, 3.05) is 24.5 Å². The van der Waals surface area contributed by atoms with Gasteiger partial charge in [0, 0.05) is 25.3 Å². The van der Waals surface area contributed by atoms with Gasteiger partial charge in [-0.2, -0.15) is 0 Å². The summed E-state index contributed by atoms with van der Waals surface area (Å²) in [6, 6.07) is 9.18. The molecule has 0 radical (unpaired) electrons. The number of urea groups is 1. The number of benzene rings is 1. The lowest BCUT2D eigenvalue weighted by molar-refractivity contribution is -0.136. The van der Waals surface area contributed by atoms with Crippen molar-refractivity contribution in [2.45, 2.75) is 26.2 Å². The van der Waals surface area contributed by atoms with Crippen LogP contribution in [0.3, 0.4) is 0 Å². The van der Waals surface area contributed by atoms with E-state index >= 15 is 0 Å². The maximum absolute atomic E-state index is 12.7. The van der Waals surface area contributed by atoms with Crippen LogP contribution in [0.5, 0.6) is 0 Å². The maximum Gasteiger partial charge on any atom is 0.324 e. The zero-order valence-electron chi connectivity index (χ0n) is 12.4. The fourth-order valence-corrected chi connectivity index (χ4v) is 2.52. The summed E-state index contributed by atoms with van der Waals surface area (Å²) < 4.78 is 0. The minimum Gasteiger partial charge on any atom is -0.481 e. The Morgan fingerprint density at radius 1 is 1.24 bits per heavy atom. The Morgan fingerprint density at radius 3 is 2.43 bits per heavy atom. The van der Waals surface area contributed by atoms with Crippen LogP contribution in [0.4, 0.5) is 10.5 Å². The highest BCUT2D eigenvalue weighted by molar-refractivity contribution is 5.92. The number of hydrogen-bond donors (Lipinski definition) is 1. The number of hydrogen-bond acceptors (Lipinski definition) is 2. The molecule has 1 N–H and O–H groups in total. The van der Waals surface area contributed by atoms with E-state index in [0.29, 0.717) is 5.92 Å². The quantitative estimate of drug-likeness (QED) is 0.927. The molecule has 2 rings (SSSR count). The second kappa shape index (κ2) is 7.11. The van der Waals surface area contributed by atoms with Crippen LogP contribution in [0, 0.1) is 5.92 Å². The number of anilines is 1. The number of aliphatic carboxylic acids is 1. The molecule has 0 aromatic heterocycles. The van der Waals surface area contributed by atoms with Crippen LogP contribution in [0.1, 0.15) is 26.2 Å². The zero-order valence-corrected chi connectivity index (χ0v) is 12.4. The van der Waals surface area contributed by atoms with Crippen molar-refractivity contribution in [3.8, 4) is 0 Å². The summed E-state index contributed by atoms with van der Waals surface area (Å²) in [5.74, 6) is -0.241. The Morgan fingerprint density at radius 2 is 1.86 bits per heavy atom. The van der Waals surface area contributed by atoms with Crippen LogP contribution in [0.25, 0.3) is 0 Å². The number of nitrogens with zero attached hydrogens (tertiary/aromatic N) is 2. The van der Waals surface area contributed by atoms with Gasteiger partial charge in [0.1, 0.15) is 0 Å². The Hall–Kier alpha value is -2.04. The number of likely N-dealkylation sites (tertiary alicyclic amines) is 1. The molecule has 0 bridgehead atoms. The fourth-order valence-electron chi connectivity index (χ4n) is 2.52. The van der Waals surface area contributed by atoms with E-state index in [-0.39, 0.29) is 19.0 Å². The second-order valence-electron chi connectivity index (χ2n) is 5.58. The van der Waals surface area contributed by atoms with Crippen LogP contribution in [-0.2, 0) is 4.79 Å². The highest BCUT2D eigenvalue weighted by Gasteiger charge is 2.25. The summed E-state index contributed by atoms with van der Waals surface area (Å²) in [4.78, 5) is 26.9. The second-order valence-corrected chi connectivity index (χ2v) is 5.58. The van der Waals surface area contributed by atoms with Crippen molar-refractivity contribution < 1.29 is 14.7 Å². The van der Waals surface area contributed by atoms with Crippen molar-refractivity contribution in [1.29, 1.82) is 0 Å². The normalized spacial score (nSPS) is 15.8. The molecule has 114 valence electrons. The van der Waals surface area contributed by atoms with Gasteiger partial charge in [0.15, 0.2) is 0 Å². The Bertz CT molecular complexity index is 482. The molecule has 0 unspecified atom stereocenters. The average Bonchev–Trinajstić information content (AvgIpc) is 2.49. The average molecular weight is 290 g/mol. The summed E-state index contributed by atoms with van der Waals surface area (Å²) in [5.41, 5.74) is 0.752. The van der Waals surface area contributed by atoms with Crippen LogP contribution < -0.4 is 4.90 Å². The lowest BCUT2D eigenvalue weighted by Gasteiger charge is -2.34. The molecule has 1 aromatic carbocycles. The topological polar surface area (TPSA) is 60.9 Å². The molecule has 0 aliphatic carbocycles. The SMILES string of the molecule is CC1CCN(C(=O)N(CCC(=O)O)c2ccccc2)CC1. The first-order chi connectivity index (χ1) is 10.1. The molecule has 1 aromatic rings. The summed E-state index contributed by atoms with van der Waals surface area (Å²) in [5, 5.41) is 8.88. The van der Waals surface area contributed by atoms with Gasteiger partial charge in [-0.1, -0.05) is 25.1 Å². The molecule has 5 nitrogen and oxygen atoms in total. The van der Waals surface area contributed by atoms with Gasteiger partial charge in [0.2, 0.25) is 0 Å². The van der Waals surface area contributed by atoms with Gasteiger partial charge in [0.25, 0.3) is 0 Å². The fraction of sp³-hybridized carbons (Fsp3) is 0.500. The van der Waals surface area contributed by atoms with Crippen molar-refractivity contribution in [3.63, 3.8) is 0 Å². The van der Waals surface area contributed by atoms with E-state index in [1.807, 2.05) is 35.2 Å². The molecule has 0 saturated carbocycles. The minimum atomic E-state index is -0.893. The standard InChI is InChI=1S/C16H22N2O3/c1-13-7-10-17(11-8-13)16(21)18(12-9-15(19)20)14-5-3-2-4-6-14/h2-6,13H,7-12H2,1H3,(H,19,20). The van der Waals surface area contributed by atoms with E-state index < -0.39 is 5.97 Å². The van der Waals surface area contributed by atoms with Crippen molar-refractivity contribution in [2.24, 2.45) is 5.92 Å². The first-order valence-corrected chi connectivity index (χ1v) is 7.41. The number of carbonyl (C=O) groups is 2. The lowest BCUT2D eigenvalue weighted by atomic mass is 9.99. The molecule has 1 aliphatic heterocycles. The first-order valence-electron chi connectivity index (χ1n) is 7.41. The Balaban J connectivity index is 2.10. The molecule has 5 heteroatoms. The number of carbonyl (C=O) groups excluding carboxylic acids is 1. The van der Waals surface area contributed by atoms with Crippen LogP contribution in [-0.4, -0.2) is 41.6 Å². The van der Waals surface area contributed by atoms with Gasteiger partial charge in [-0.25, -0.2) is 4.79 Å². The molecule has 0 atom stereocenters. The van der Waals surface area contributed by atoms with E-state index in [2.05, 4.69) is 6.92 Å². The van der Waals surface area contributed by atoms with Crippen molar-refractivity contribution >= 4 is 17.7 Å². The van der Waals surface area contributed by atoms with Gasteiger partial charge in [-0.3, -0.25) is 9.69 Å². The number of rotatable bonds is 4. The van der Waals surface area contributed by atoms with Gasteiger partial charge in [-0.15, -0.1) is 0 Å². The maximum atomic E-state index is 12.7. The molecule has 1 saturated heterocycles. The molecule has 1 heterocycles. The summed E-state index contributed by atoms with van der Waals surface area (Å²) in [6.07, 6.45) is 1.96. The molecule has 21 heavy (non-hydrogen) atoms. The van der Waals surface area contributed by atoms with Gasteiger partial charge < -0.3 is 10.0 Å². The highest BCUT2D eigenvalue weighted by atomic mass is 16.4. The predicted molar refractivity (Wildman–Crippen MR) is 81.4 cm³/mol. The van der Waals surface area contributed by atoms with Crippen molar-refractivity contribution in [3.05, 3.63) is 30.3 Å². The number of carboxylic acid groups (broad SMARTS) is 1. The predicted octanol–water partition coefficient (Wildman–Crippen LogP) is 2.82. The summed E-state index contributed by atoms with van der Waals surface area (Å²) in [7, 11) is 0. The molecule has 1 fully saturated rings. The highest BCUT2D eigenvalue weighted by Crippen LogP contribution is 2.21. The largest absolute Gasteiger partial charge is 0.481 e. The number of para-hydroxylation sites is 1. The van der Waals surface area contributed by atoms with Crippen LogP contribution in [0.2, 0.25) is 0 Å². The Kier molecular flexibility index (Phi) is 5.20. The smallest absolute Gasteiger partial charge is 0.324 e. The van der Waals surface area contributed by atoms with Gasteiger partial charge >= 0.3 is 12.0 Å². The Labute approximate surface area is 125 Å². The van der Waals surface area contributed by atoms with Gasteiger partial charge in [0.05, 0.1) is 6.42 Å². The third-order valence-corrected chi connectivity index (χ3v) is 3.90. The summed E-state index contributed by atoms with van der Waals surface area (Å²) >= 11 is 0. The lowest BCUT2D eigenvalue weighted by Crippen LogP contribution is -2.47. The molecule has 0 spiro atoms. The molecule has 1 aliphatic rings. The van der Waals surface area contributed by atoms with E-state index in [0.717, 1.165) is 31.6 Å². The zero-order chi connectivity index (χ0) is 15.2. The van der Waals surface area contributed by atoms with Crippen LogP contribution >= 0.6 is 0 Å². The van der Waals surface area contributed by atoms with Crippen LogP contribution in [0.15, 0.2) is 30.3 Å². The third-order valence-electron chi connectivity index (χ3n) is 3.90. The van der Waals surface area contributed by atoms with Crippen molar-refractivity contribution in [1.82, 2.24) is 4.90 Å². The molecule has 2 amide bonds. The van der Waals surface area contributed by atoms with Gasteiger partial charge in [-0.05, 0) is 30.9 Å². The van der Waals surface area contributed by atoms with E-state index in [1.165, 1.54) is 0 Å². The van der Waals surface area contributed by atoms with E-state index in [4.69, 9.17) is 5.11 Å². The first kappa shape index (κ1) is 15.4.